The van der Waals surface area contributed by atoms with Crippen LogP contribution >= 0.6 is 11.3 Å². The predicted molar refractivity (Wildman–Crippen MR) is 238 cm³/mol. The van der Waals surface area contributed by atoms with E-state index in [9.17, 15) is 22.8 Å². The number of ether oxygens (including phenoxy) is 4. The van der Waals surface area contributed by atoms with Gasteiger partial charge in [0.25, 0.3) is 10.0 Å². The van der Waals surface area contributed by atoms with Gasteiger partial charge in [-0.1, -0.05) is 90.2 Å². The molecular weight excluding hydrogens is 855 g/mol. The van der Waals surface area contributed by atoms with E-state index in [4.69, 9.17) is 24.2 Å². The van der Waals surface area contributed by atoms with Crippen LogP contribution in [0.2, 0.25) is 0 Å². The van der Waals surface area contributed by atoms with E-state index < -0.39 is 46.0 Å². The maximum atomic E-state index is 14.7. The molecule has 2 aliphatic heterocycles. The van der Waals surface area contributed by atoms with Crippen LogP contribution in [0.3, 0.4) is 0 Å². The largest absolute Gasteiger partial charge is 0.489 e. The summed E-state index contributed by atoms with van der Waals surface area (Å²) in [5.41, 5.74) is 6.36. The molecule has 16 heteroatoms. The van der Waals surface area contributed by atoms with Gasteiger partial charge in [-0.05, 0) is 88.7 Å². The number of esters is 1. The van der Waals surface area contributed by atoms with Gasteiger partial charge in [0, 0.05) is 19.9 Å². The maximum Gasteiger partial charge on any atom is 0.328 e. The third-order valence-electron chi connectivity index (χ3n) is 10.9. The predicted octanol–water partition coefficient (Wildman–Crippen LogP) is 7.06. The normalized spacial score (nSPS) is 16.1. The van der Waals surface area contributed by atoms with Crippen molar-refractivity contribution in [2.24, 2.45) is 0 Å². The molecule has 3 atom stereocenters. The van der Waals surface area contributed by atoms with Crippen LogP contribution < -0.4 is 24.8 Å². The summed E-state index contributed by atoms with van der Waals surface area (Å²) >= 11 is 0.786. The van der Waals surface area contributed by atoms with Gasteiger partial charge in [0.05, 0.1) is 24.4 Å². The molecule has 5 aromatic carbocycles. The van der Waals surface area contributed by atoms with E-state index in [1.54, 1.807) is 24.3 Å². The number of hydrogen-bond acceptors (Lipinski definition) is 12. The number of nitriles is 1. The maximum absolute atomic E-state index is 14.7. The molecule has 8 rings (SSSR count). The molecule has 326 valence electrons. The average Bonchev–Trinajstić information content (AvgIpc) is 3.69. The van der Waals surface area contributed by atoms with E-state index >= 15 is 0 Å². The highest BCUT2D eigenvalue weighted by Gasteiger charge is 2.43. The Kier molecular flexibility index (Phi) is 12.8. The van der Waals surface area contributed by atoms with E-state index in [0.29, 0.717) is 46.1 Å². The van der Waals surface area contributed by atoms with Crippen LogP contribution in [0.25, 0.3) is 11.1 Å². The summed E-state index contributed by atoms with van der Waals surface area (Å²) in [6.45, 7) is 3.22. The molecule has 0 spiro atoms. The summed E-state index contributed by atoms with van der Waals surface area (Å²) in [7, 11) is -3.23. The van der Waals surface area contributed by atoms with Gasteiger partial charge in [-0.25, -0.2) is 18.2 Å². The number of methoxy groups -OCH3 is 1. The van der Waals surface area contributed by atoms with Gasteiger partial charge in [-0.3, -0.25) is 9.59 Å². The summed E-state index contributed by atoms with van der Waals surface area (Å²) in [5.74, 6) is -0.281. The van der Waals surface area contributed by atoms with Crippen molar-refractivity contribution in [2.75, 3.05) is 19.0 Å². The number of carbonyl (C=O) groups is 3. The number of aryl methyl sites for hydroxylation is 1. The summed E-state index contributed by atoms with van der Waals surface area (Å²) in [6, 6.07) is 35.1. The Labute approximate surface area is 374 Å². The lowest BCUT2D eigenvalue weighted by molar-refractivity contribution is -0.145. The summed E-state index contributed by atoms with van der Waals surface area (Å²) in [6.07, 6.45) is -0.473. The van der Waals surface area contributed by atoms with Gasteiger partial charge in [-0.2, -0.15) is 9.57 Å². The topological polar surface area (TPSA) is 186 Å². The van der Waals surface area contributed by atoms with Gasteiger partial charge in [-0.15, -0.1) is 0 Å². The van der Waals surface area contributed by atoms with E-state index in [1.165, 1.54) is 21.0 Å². The summed E-state index contributed by atoms with van der Waals surface area (Å²) in [5, 5.41) is 14.6. The minimum absolute atomic E-state index is 0.0550. The molecule has 0 radical (unpaired) electrons. The summed E-state index contributed by atoms with van der Waals surface area (Å²) < 4.78 is 54.1. The fourth-order valence-corrected chi connectivity index (χ4v) is 10.8. The Bertz CT molecular complexity index is 2840. The monoisotopic (exact) mass is 897 g/mol. The fourth-order valence-electron chi connectivity index (χ4n) is 7.63. The Morgan fingerprint density at radius 1 is 0.922 bits per heavy atom. The molecular formula is C48H43N5O9S2. The first kappa shape index (κ1) is 43.6. The van der Waals surface area contributed by atoms with Crippen LogP contribution in [0.5, 0.6) is 17.2 Å². The molecule has 14 nitrogen and oxygen atoms in total. The van der Waals surface area contributed by atoms with Gasteiger partial charge in [0.15, 0.2) is 26.9 Å². The second-order valence-corrected chi connectivity index (χ2v) is 18.4. The standard InChI is InChI=1S/C48H43N5O9S2/c1-29-47(63-48(50-29)51-30(2)54)64(57,58)53-26-38-24-43-42(61-28-44(62-43)36-17-19-39(20-18-36)60-27-33-7-5-4-6-8-33)23-37(38)22-41(53)45(55)52-40(46(56)59-3)21-31-9-13-34(14-10-31)35-15-11-32(25-49)12-16-35/h4-20,23-24,40-41,44H,21-22,26-28H2,1-3H3,(H,52,55)(H,50,51,54)/t40-,41-,44?/m0/s1. The second-order valence-electron chi connectivity index (χ2n) is 15.3. The van der Waals surface area contributed by atoms with E-state index in [1.807, 2.05) is 91.0 Å². The lowest BCUT2D eigenvalue weighted by atomic mass is 9.93. The quantitative estimate of drug-likeness (QED) is 0.113. The van der Waals surface area contributed by atoms with E-state index in [2.05, 4.69) is 21.7 Å². The fraction of sp³-hybridized carbons (Fsp3) is 0.229. The number of nitrogens with one attached hydrogen (secondary N) is 2. The molecule has 0 aliphatic carbocycles. The Balaban J connectivity index is 1.04. The van der Waals surface area contributed by atoms with Gasteiger partial charge >= 0.3 is 5.97 Å². The third-order valence-corrected chi connectivity index (χ3v) is 14.5. The lowest BCUT2D eigenvalue weighted by Crippen LogP contribution is -2.56. The Morgan fingerprint density at radius 2 is 1.61 bits per heavy atom. The van der Waals surface area contributed by atoms with Crippen LogP contribution in [0.15, 0.2) is 119 Å². The highest BCUT2D eigenvalue weighted by Crippen LogP contribution is 2.42. The first-order valence-corrected chi connectivity index (χ1v) is 22.6. The van der Waals surface area contributed by atoms with E-state index in [-0.39, 0.29) is 41.0 Å². The average molecular weight is 898 g/mol. The number of anilines is 1. The van der Waals surface area contributed by atoms with Gasteiger partial charge < -0.3 is 29.6 Å². The number of nitrogens with zero attached hydrogens (tertiary/aromatic N) is 3. The molecule has 6 aromatic rings. The van der Waals surface area contributed by atoms with Crippen LogP contribution in [0.1, 0.15) is 52.1 Å². The van der Waals surface area contributed by atoms with Crippen molar-refractivity contribution < 1.29 is 41.7 Å². The zero-order chi connectivity index (χ0) is 45.0. The molecule has 2 N–H and O–H groups in total. The molecule has 0 saturated heterocycles. The molecule has 2 amide bonds. The number of benzene rings is 5. The number of fused-ring (bicyclic) bond motifs is 2. The number of aromatic nitrogens is 1. The molecule has 0 saturated carbocycles. The summed E-state index contributed by atoms with van der Waals surface area (Å²) in [4.78, 5) is 43.9. The number of amides is 2. The molecule has 0 fully saturated rings. The van der Waals surface area contributed by atoms with Crippen molar-refractivity contribution in [1.82, 2.24) is 14.6 Å². The molecule has 0 bridgehead atoms. The number of thiazole rings is 1. The minimum Gasteiger partial charge on any atom is -0.489 e. The SMILES string of the molecule is COC(=O)[C@H](Cc1ccc(-c2ccc(C#N)cc2)cc1)NC(=O)[C@@H]1Cc2cc3c(cc2CN1S(=O)(=O)c1sc(NC(C)=O)nc1C)OC(c1ccc(OCc2ccccc2)cc1)CO3. The highest BCUT2D eigenvalue weighted by atomic mass is 32.2. The molecule has 1 aromatic heterocycles. The lowest BCUT2D eigenvalue weighted by Gasteiger charge is -2.36. The Morgan fingerprint density at radius 3 is 2.28 bits per heavy atom. The smallest absolute Gasteiger partial charge is 0.328 e. The zero-order valence-electron chi connectivity index (χ0n) is 35.1. The van der Waals surface area contributed by atoms with Crippen molar-refractivity contribution in [3.05, 3.63) is 154 Å². The zero-order valence-corrected chi connectivity index (χ0v) is 36.7. The molecule has 64 heavy (non-hydrogen) atoms. The van der Waals surface area contributed by atoms with E-state index in [0.717, 1.165) is 37.9 Å². The van der Waals surface area contributed by atoms with Crippen molar-refractivity contribution >= 4 is 44.3 Å². The van der Waals surface area contributed by atoms with Crippen molar-refractivity contribution in [2.45, 2.75) is 62.2 Å². The van der Waals surface area contributed by atoms with Crippen LogP contribution in [0.4, 0.5) is 5.13 Å². The second kappa shape index (κ2) is 18.7. The number of sulfonamides is 1. The molecule has 3 heterocycles. The third kappa shape index (κ3) is 9.61. The van der Waals surface area contributed by atoms with Gasteiger partial charge in [0.1, 0.15) is 31.0 Å². The van der Waals surface area contributed by atoms with Gasteiger partial charge in [0.2, 0.25) is 11.8 Å². The number of rotatable bonds is 13. The van der Waals surface area contributed by atoms with Crippen molar-refractivity contribution in [3.63, 3.8) is 0 Å². The number of hydrogen-bond donors (Lipinski definition) is 2. The van der Waals surface area contributed by atoms with Crippen molar-refractivity contribution in [1.29, 1.82) is 5.26 Å². The van der Waals surface area contributed by atoms with Crippen molar-refractivity contribution in [3.8, 4) is 34.4 Å². The van der Waals surface area contributed by atoms with Crippen LogP contribution in [-0.4, -0.2) is 61.3 Å². The minimum atomic E-state index is -4.44. The molecule has 2 aliphatic rings. The van der Waals surface area contributed by atoms with Crippen LogP contribution in [0, 0.1) is 18.3 Å². The first-order valence-electron chi connectivity index (χ1n) is 20.3. The Hall–Kier alpha value is -7.06. The highest BCUT2D eigenvalue weighted by molar-refractivity contribution is 7.91. The number of carbonyl (C=O) groups excluding carboxylic acids is 3. The van der Waals surface area contributed by atoms with Crippen LogP contribution in [-0.2, 0) is 55.1 Å². The first-order chi connectivity index (χ1) is 30.9. The molecule has 1 unspecified atom stereocenters.